The van der Waals surface area contributed by atoms with E-state index in [0.29, 0.717) is 10.7 Å². The normalized spacial score (nSPS) is 39.5. The van der Waals surface area contributed by atoms with Gasteiger partial charge in [-0.1, -0.05) is 11.6 Å². The van der Waals surface area contributed by atoms with Crippen LogP contribution in [0.1, 0.15) is 38.5 Å². The molecule has 1 aromatic heterocycles. The Bertz CT molecular complexity index is 479. The van der Waals surface area contributed by atoms with Gasteiger partial charge in [-0.2, -0.15) is 0 Å². The van der Waals surface area contributed by atoms with Gasteiger partial charge in [-0.3, -0.25) is 0 Å². The van der Waals surface area contributed by atoms with E-state index < -0.39 is 0 Å². The highest BCUT2D eigenvalue weighted by Gasteiger charge is 2.51. The van der Waals surface area contributed by atoms with Crippen molar-refractivity contribution in [2.75, 3.05) is 11.1 Å². The zero-order valence-electron chi connectivity index (χ0n) is 11.0. The summed E-state index contributed by atoms with van der Waals surface area (Å²) >= 11 is 6.26. The van der Waals surface area contributed by atoms with Crippen molar-refractivity contribution < 1.29 is 0 Å². The van der Waals surface area contributed by atoms with E-state index >= 15 is 0 Å². The third kappa shape index (κ3) is 1.99. The summed E-state index contributed by atoms with van der Waals surface area (Å²) in [6.07, 6.45) is 9.91. The summed E-state index contributed by atoms with van der Waals surface area (Å²) in [7, 11) is 0. The molecule has 0 atom stereocenters. The lowest BCUT2D eigenvalue weighted by molar-refractivity contribution is 0.0105. The van der Waals surface area contributed by atoms with E-state index in [1.807, 2.05) is 0 Å². The highest BCUT2D eigenvalue weighted by Crippen LogP contribution is 2.56. The van der Waals surface area contributed by atoms with Crippen LogP contribution in [0.3, 0.4) is 0 Å². The highest BCUT2D eigenvalue weighted by atomic mass is 35.5. The number of halogens is 1. The van der Waals surface area contributed by atoms with Gasteiger partial charge in [0.25, 0.3) is 0 Å². The van der Waals surface area contributed by atoms with Crippen molar-refractivity contribution in [1.82, 2.24) is 4.98 Å². The van der Waals surface area contributed by atoms with Crippen molar-refractivity contribution in [3.05, 3.63) is 17.3 Å². The standard InChI is InChI=1S/C15H20ClN3/c16-13-4-12(17)8-18-14(13)19-15-5-9-1-10(6-15)3-11(2-9)7-15/h4,8-11H,1-3,5-7,17H2,(H,18,19). The number of hydrogen-bond donors (Lipinski definition) is 2. The van der Waals surface area contributed by atoms with Crippen LogP contribution >= 0.6 is 11.6 Å². The molecule has 4 fully saturated rings. The second kappa shape index (κ2) is 4.02. The van der Waals surface area contributed by atoms with Crippen LogP contribution in [0.2, 0.25) is 5.02 Å². The second-order valence-corrected chi connectivity index (χ2v) is 7.33. The van der Waals surface area contributed by atoms with Gasteiger partial charge in [-0.25, -0.2) is 4.98 Å². The van der Waals surface area contributed by atoms with E-state index in [4.69, 9.17) is 17.3 Å². The number of pyridine rings is 1. The van der Waals surface area contributed by atoms with Gasteiger partial charge in [0.15, 0.2) is 0 Å². The Labute approximate surface area is 118 Å². The maximum Gasteiger partial charge on any atom is 0.145 e. The maximum absolute atomic E-state index is 6.26. The molecule has 3 nitrogen and oxygen atoms in total. The van der Waals surface area contributed by atoms with Gasteiger partial charge in [0, 0.05) is 5.54 Å². The summed E-state index contributed by atoms with van der Waals surface area (Å²) in [5.74, 6) is 3.58. The Morgan fingerprint density at radius 2 is 1.74 bits per heavy atom. The lowest BCUT2D eigenvalue weighted by Gasteiger charge is -2.57. The molecule has 5 rings (SSSR count). The predicted molar refractivity (Wildman–Crippen MR) is 78.2 cm³/mol. The number of nitrogen functional groups attached to an aromatic ring is 1. The van der Waals surface area contributed by atoms with E-state index in [9.17, 15) is 0 Å². The van der Waals surface area contributed by atoms with Gasteiger partial charge in [0.1, 0.15) is 5.82 Å². The lowest BCUT2D eigenvalue weighted by Crippen LogP contribution is -2.54. The minimum atomic E-state index is 0.251. The number of nitrogens with two attached hydrogens (primary N) is 1. The largest absolute Gasteiger partial charge is 0.397 e. The van der Waals surface area contributed by atoms with Gasteiger partial charge >= 0.3 is 0 Å². The molecule has 4 heteroatoms. The number of aromatic nitrogens is 1. The van der Waals surface area contributed by atoms with Crippen LogP contribution in [0.4, 0.5) is 11.5 Å². The number of anilines is 2. The zero-order chi connectivity index (χ0) is 13.0. The van der Waals surface area contributed by atoms with Gasteiger partial charge < -0.3 is 11.1 Å². The molecule has 1 aromatic rings. The smallest absolute Gasteiger partial charge is 0.145 e. The fraction of sp³-hybridized carbons (Fsp3) is 0.667. The molecular weight excluding hydrogens is 258 g/mol. The molecule has 1 heterocycles. The summed E-state index contributed by atoms with van der Waals surface area (Å²) in [4.78, 5) is 4.39. The summed E-state index contributed by atoms with van der Waals surface area (Å²) in [5.41, 5.74) is 6.59. The summed E-state index contributed by atoms with van der Waals surface area (Å²) < 4.78 is 0. The van der Waals surface area contributed by atoms with Crippen LogP contribution in [0.15, 0.2) is 12.3 Å². The number of nitrogens with one attached hydrogen (secondary N) is 1. The third-order valence-electron chi connectivity index (χ3n) is 5.28. The fourth-order valence-electron chi connectivity index (χ4n) is 5.06. The molecule has 4 aliphatic carbocycles. The summed E-state index contributed by atoms with van der Waals surface area (Å²) in [6, 6.07) is 1.79. The quantitative estimate of drug-likeness (QED) is 0.867. The first-order chi connectivity index (χ1) is 9.12. The molecule has 0 spiro atoms. The van der Waals surface area contributed by atoms with Crippen LogP contribution in [0, 0.1) is 17.8 Å². The molecule has 0 radical (unpaired) electrons. The van der Waals surface area contributed by atoms with Crippen molar-refractivity contribution in [1.29, 1.82) is 0 Å². The molecule has 102 valence electrons. The molecule has 3 N–H and O–H groups in total. The highest BCUT2D eigenvalue weighted by molar-refractivity contribution is 6.33. The Kier molecular flexibility index (Phi) is 2.50. The minimum Gasteiger partial charge on any atom is -0.397 e. The average Bonchev–Trinajstić information content (AvgIpc) is 2.31. The number of rotatable bonds is 2. The monoisotopic (exact) mass is 277 g/mol. The van der Waals surface area contributed by atoms with Crippen molar-refractivity contribution in [2.45, 2.75) is 44.1 Å². The molecule has 0 amide bonds. The zero-order valence-corrected chi connectivity index (χ0v) is 11.8. The average molecular weight is 278 g/mol. The van der Waals surface area contributed by atoms with Crippen LogP contribution in [-0.2, 0) is 0 Å². The van der Waals surface area contributed by atoms with Crippen LogP contribution in [0.25, 0.3) is 0 Å². The molecule has 0 unspecified atom stereocenters. The first-order valence-corrected chi connectivity index (χ1v) is 7.69. The maximum atomic E-state index is 6.26. The molecule has 4 saturated carbocycles. The summed E-state index contributed by atoms with van der Waals surface area (Å²) in [5, 5.41) is 4.33. The van der Waals surface area contributed by atoms with Crippen molar-refractivity contribution >= 4 is 23.1 Å². The van der Waals surface area contributed by atoms with Gasteiger partial charge in [-0.05, 0) is 62.3 Å². The summed E-state index contributed by atoms with van der Waals surface area (Å²) in [6.45, 7) is 0. The van der Waals surface area contributed by atoms with E-state index in [0.717, 1.165) is 23.6 Å². The first kappa shape index (κ1) is 11.8. The molecule has 19 heavy (non-hydrogen) atoms. The number of nitrogens with zero attached hydrogens (tertiary/aromatic N) is 1. The Morgan fingerprint density at radius 1 is 1.16 bits per heavy atom. The Hall–Kier alpha value is -0.960. The van der Waals surface area contributed by atoms with Crippen LogP contribution < -0.4 is 11.1 Å². The van der Waals surface area contributed by atoms with Crippen molar-refractivity contribution in [2.24, 2.45) is 17.8 Å². The second-order valence-electron chi connectivity index (χ2n) is 6.92. The lowest BCUT2D eigenvalue weighted by atomic mass is 9.53. The Morgan fingerprint density at radius 3 is 2.26 bits per heavy atom. The molecule has 0 saturated heterocycles. The van der Waals surface area contributed by atoms with E-state index in [-0.39, 0.29) is 5.54 Å². The molecule has 4 aliphatic rings. The van der Waals surface area contributed by atoms with Gasteiger partial charge in [0.2, 0.25) is 0 Å². The van der Waals surface area contributed by atoms with Gasteiger partial charge in [0.05, 0.1) is 16.9 Å². The van der Waals surface area contributed by atoms with E-state index in [1.165, 1.54) is 38.5 Å². The topological polar surface area (TPSA) is 50.9 Å². The van der Waals surface area contributed by atoms with Crippen LogP contribution in [-0.4, -0.2) is 10.5 Å². The van der Waals surface area contributed by atoms with Gasteiger partial charge in [-0.15, -0.1) is 0 Å². The fourth-order valence-corrected chi connectivity index (χ4v) is 5.28. The molecule has 0 aliphatic heterocycles. The Balaban J connectivity index is 1.62. The van der Waals surface area contributed by atoms with Crippen LogP contribution in [0.5, 0.6) is 0 Å². The molecule has 4 bridgehead atoms. The minimum absolute atomic E-state index is 0.251. The first-order valence-electron chi connectivity index (χ1n) is 7.31. The molecular formula is C15H20ClN3. The van der Waals surface area contributed by atoms with E-state index in [1.54, 1.807) is 12.3 Å². The SMILES string of the molecule is Nc1cnc(NC23CC4CC(CC(C4)C2)C3)c(Cl)c1. The van der Waals surface area contributed by atoms with Crippen molar-refractivity contribution in [3.63, 3.8) is 0 Å². The van der Waals surface area contributed by atoms with Crippen molar-refractivity contribution in [3.8, 4) is 0 Å². The van der Waals surface area contributed by atoms with E-state index in [2.05, 4.69) is 10.3 Å². The number of hydrogen-bond acceptors (Lipinski definition) is 3. The third-order valence-corrected chi connectivity index (χ3v) is 5.57. The molecule has 0 aromatic carbocycles. The predicted octanol–water partition coefficient (Wildman–Crippen LogP) is 3.70.